The summed E-state index contributed by atoms with van der Waals surface area (Å²) in [6, 6.07) is 1.89. The molecule has 1 amide bonds. The molecule has 168 valence electrons. The number of nitrogens with one attached hydrogen (secondary N) is 1. The number of nitrogens with zero attached hydrogens (tertiary/aromatic N) is 4. The minimum Gasteiger partial charge on any atom is -0.455 e. The molecule has 2 aliphatic carbocycles. The van der Waals surface area contributed by atoms with Gasteiger partial charge in [-0.2, -0.15) is 10.2 Å². The third-order valence-electron chi connectivity index (χ3n) is 6.82. The maximum Gasteiger partial charge on any atom is 0.287 e. The second kappa shape index (κ2) is 7.31. The van der Waals surface area contributed by atoms with Crippen molar-refractivity contribution in [2.45, 2.75) is 50.8 Å². The molecule has 0 radical (unpaired) electrons. The van der Waals surface area contributed by atoms with Gasteiger partial charge in [-0.3, -0.25) is 14.2 Å². The highest BCUT2D eigenvalue weighted by molar-refractivity contribution is 5.95. The van der Waals surface area contributed by atoms with Crippen molar-refractivity contribution >= 4 is 5.91 Å². The molecule has 4 heterocycles. The van der Waals surface area contributed by atoms with Gasteiger partial charge in [-0.1, -0.05) is 0 Å². The summed E-state index contributed by atoms with van der Waals surface area (Å²) in [6.45, 7) is 4.83. The summed E-state index contributed by atoms with van der Waals surface area (Å²) in [6.07, 6.45) is 7.09. The minimum atomic E-state index is -0.221. The van der Waals surface area contributed by atoms with Crippen LogP contribution in [0.1, 0.15) is 46.0 Å². The zero-order valence-electron chi connectivity index (χ0n) is 18.4. The van der Waals surface area contributed by atoms with Crippen LogP contribution >= 0.6 is 0 Å². The highest BCUT2D eigenvalue weighted by Crippen LogP contribution is 2.58. The van der Waals surface area contributed by atoms with Gasteiger partial charge in [0.25, 0.3) is 5.91 Å². The Morgan fingerprint density at radius 3 is 2.91 bits per heavy atom. The van der Waals surface area contributed by atoms with E-state index in [0.29, 0.717) is 38.7 Å². The van der Waals surface area contributed by atoms with Crippen LogP contribution < -0.4 is 5.32 Å². The van der Waals surface area contributed by atoms with Crippen molar-refractivity contribution in [2.75, 3.05) is 19.8 Å². The van der Waals surface area contributed by atoms with E-state index >= 15 is 0 Å². The second-order valence-electron chi connectivity index (χ2n) is 9.16. The largest absolute Gasteiger partial charge is 0.455 e. The van der Waals surface area contributed by atoms with Crippen LogP contribution in [0.3, 0.4) is 0 Å². The van der Waals surface area contributed by atoms with Gasteiger partial charge >= 0.3 is 0 Å². The fourth-order valence-corrected chi connectivity index (χ4v) is 4.97. The first kappa shape index (κ1) is 19.8. The van der Waals surface area contributed by atoms with Crippen LogP contribution in [0.4, 0.5) is 0 Å². The SMILES string of the molecule is Cc1c(C(=O)NCc2ccn(C)n2)oc2c1-c1nn(C[C@H]3COCCO3)cc1C1(CC1)C2. The van der Waals surface area contributed by atoms with Crippen molar-refractivity contribution in [3.63, 3.8) is 0 Å². The van der Waals surface area contributed by atoms with Gasteiger partial charge in [0.2, 0.25) is 0 Å². The number of ether oxygens (including phenoxy) is 2. The summed E-state index contributed by atoms with van der Waals surface area (Å²) in [5.74, 6) is 1.02. The van der Waals surface area contributed by atoms with E-state index in [2.05, 4.69) is 16.6 Å². The molecule has 3 aliphatic rings. The first-order chi connectivity index (χ1) is 15.5. The zero-order chi connectivity index (χ0) is 21.9. The normalized spacial score (nSPS) is 20.8. The van der Waals surface area contributed by atoms with E-state index in [1.165, 1.54) is 5.56 Å². The van der Waals surface area contributed by atoms with Gasteiger partial charge in [-0.15, -0.1) is 0 Å². The van der Waals surface area contributed by atoms with Crippen molar-refractivity contribution in [1.29, 1.82) is 0 Å². The Bertz CT molecular complexity index is 1180. The van der Waals surface area contributed by atoms with Gasteiger partial charge in [-0.25, -0.2) is 0 Å². The summed E-state index contributed by atoms with van der Waals surface area (Å²) in [7, 11) is 1.86. The molecule has 0 bridgehead atoms. The molecule has 3 aromatic heterocycles. The average Bonchev–Trinajstić information content (AvgIpc) is 3.08. The molecule has 1 aliphatic heterocycles. The first-order valence-corrected chi connectivity index (χ1v) is 11.2. The Hall–Kier alpha value is -2.91. The number of hydrogen-bond donors (Lipinski definition) is 1. The number of fused-ring (bicyclic) bond motifs is 4. The molecule has 1 saturated heterocycles. The standard InChI is InChI=1S/C23H27N5O4/c1-14-19-18(32-21(14)22(29)24-10-15-3-6-27(2)25-15)9-23(4-5-23)17-12-28(26-20(17)19)11-16-13-30-7-8-31-16/h3,6,12,16H,4-5,7-11,13H2,1-2H3,(H,24,29)/t16-/m0/s1. The van der Waals surface area contributed by atoms with Crippen LogP contribution in [0.25, 0.3) is 11.3 Å². The molecule has 1 spiro atoms. The Kier molecular flexibility index (Phi) is 4.51. The average molecular weight is 438 g/mol. The molecular formula is C23H27N5O4. The van der Waals surface area contributed by atoms with Crippen molar-refractivity contribution < 1.29 is 18.7 Å². The number of rotatable bonds is 5. The molecule has 9 nitrogen and oxygen atoms in total. The van der Waals surface area contributed by atoms with Crippen molar-refractivity contribution in [2.24, 2.45) is 7.05 Å². The minimum absolute atomic E-state index is 0.0121. The molecule has 1 atom stereocenters. The van der Waals surface area contributed by atoms with Crippen molar-refractivity contribution in [3.05, 3.63) is 46.8 Å². The number of amides is 1. The molecular weight excluding hydrogens is 410 g/mol. The number of furan rings is 1. The Labute approximate surface area is 185 Å². The van der Waals surface area contributed by atoms with Crippen LogP contribution in [0.5, 0.6) is 0 Å². The molecule has 3 aromatic rings. The second-order valence-corrected chi connectivity index (χ2v) is 9.16. The quantitative estimate of drug-likeness (QED) is 0.657. The molecule has 1 saturated carbocycles. The monoisotopic (exact) mass is 437 g/mol. The van der Waals surface area contributed by atoms with Crippen LogP contribution in [0.15, 0.2) is 22.9 Å². The summed E-state index contributed by atoms with van der Waals surface area (Å²) < 4.78 is 21.2. The molecule has 0 aromatic carbocycles. The van der Waals surface area contributed by atoms with E-state index in [1.807, 2.05) is 30.9 Å². The van der Waals surface area contributed by atoms with E-state index in [9.17, 15) is 4.79 Å². The van der Waals surface area contributed by atoms with Crippen LogP contribution in [-0.4, -0.2) is 51.4 Å². The fraction of sp³-hybridized carbons (Fsp3) is 0.522. The van der Waals surface area contributed by atoms with Crippen LogP contribution in [0, 0.1) is 6.92 Å². The number of carbonyl (C=O) groups is 1. The highest BCUT2D eigenvalue weighted by atomic mass is 16.6. The maximum atomic E-state index is 12.9. The molecule has 2 fully saturated rings. The van der Waals surface area contributed by atoms with E-state index in [0.717, 1.165) is 47.5 Å². The van der Waals surface area contributed by atoms with Gasteiger partial charge in [0, 0.05) is 48.0 Å². The predicted molar refractivity (Wildman–Crippen MR) is 114 cm³/mol. The Morgan fingerprint density at radius 2 is 2.19 bits per heavy atom. The summed E-state index contributed by atoms with van der Waals surface area (Å²) in [4.78, 5) is 12.9. The van der Waals surface area contributed by atoms with Gasteiger partial charge in [-0.05, 0) is 25.8 Å². The number of aromatic nitrogens is 4. The van der Waals surface area contributed by atoms with Gasteiger partial charge in [0.05, 0.1) is 44.3 Å². The van der Waals surface area contributed by atoms with Gasteiger partial charge in [0.1, 0.15) is 11.9 Å². The molecule has 6 rings (SSSR count). The topological polar surface area (TPSA) is 96.3 Å². The lowest BCUT2D eigenvalue weighted by atomic mass is 9.82. The van der Waals surface area contributed by atoms with Crippen molar-refractivity contribution in [3.8, 4) is 11.3 Å². The van der Waals surface area contributed by atoms with Crippen LogP contribution in [-0.2, 0) is 41.4 Å². The van der Waals surface area contributed by atoms with E-state index < -0.39 is 0 Å². The Balaban J connectivity index is 1.28. The van der Waals surface area contributed by atoms with E-state index in [1.54, 1.807) is 4.68 Å². The molecule has 0 unspecified atom stereocenters. The van der Waals surface area contributed by atoms with Crippen LogP contribution in [0.2, 0.25) is 0 Å². The smallest absolute Gasteiger partial charge is 0.287 e. The zero-order valence-corrected chi connectivity index (χ0v) is 18.4. The summed E-state index contributed by atoms with van der Waals surface area (Å²) in [5.41, 5.74) is 4.94. The lowest BCUT2D eigenvalue weighted by molar-refractivity contribution is -0.0946. The van der Waals surface area contributed by atoms with E-state index in [-0.39, 0.29) is 17.4 Å². The molecule has 1 N–H and O–H groups in total. The highest BCUT2D eigenvalue weighted by Gasteiger charge is 2.52. The Morgan fingerprint density at radius 1 is 1.31 bits per heavy atom. The predicted octanol–water partition coefficient (Wildman–Crippen LogP) is 2.12. The summed E-state index contributed by atoms with van der Waals surface area (Å²) >= 11 is 0. The third kappa shape index (κ3) is 3.27. The first-order valence-electron chi connectivity index (χ1n) is 11.2. The number of carbonyl (C=O) groups excluding carboxylic acids is 1. The third-order valence-corrected chi connectivity index (χ3v) is 6.82. The fourth-order valence-electron chi connectivity index (χ4n) is 4.97. The number of hydrogen-bond acceptors (Lipinski definition) is 6. The van der Waals surface area contributed by atoms with Gasteiger partial charge in [0.15, 0.2) is 5.76 Å². The lowest BCUT2D eigenvalue weighted by Gasteiger charge is -2.22. The lowest BCUT2D eigenvalue weighted by Crippen LogP contribution is -2.32. The van der Waals surface area contributed by atoms with Crippen molar-refractivity contribution in [1.82, 2.24) is 24.9 Å². The maximum absolute atomic E-state index is 12.9. The van der Waals surface area contributed by atoms with Gasteiger partial charge < -0.3 is 19.2 Å². The molecule has 32 heavy (non-hydrogen) atoms. The van der Waals surface area contributed by atoms with E-state index in [4.69, 9.17) is 19.0 Å². The molecule has 9 heteroatoms. The number of aryl methyl sites for hydroxylation is 1. The summed E-state index contributed by atoms with van der Waals surface area (Å²) in [5, 5.41) is 12.2.